The van der Waals surface area contributed by atoms with Crippen molar-refractivity contribution < 1.29 is 22.5 Å². The molecule has 2 aromatic rings. The monoisotopic (exact) mass is 395 g/mol. The third-order valence-electron chi connectivity index (χ3n) is 3.86. The molecule has 0 heterocycles. The van der Waals surface area contributed by atoms with Gasteiger partial charge in [0, 0.05) is 30.4 Å². The minimum atomic E-state index is -3.61. The van der Waals surface area contributed by atoms with Crippen LogP contribution in [0.1, 0.15) is 24.2 Å². The molecular weight excluding hydrogens is 377 g/mol. The van der Waals surface area contributed by atoms with Gasteiger partial charge in [-0.1, -0.05) is 13.8 Å². The largest absolute Gasteiger partial charge is 0.322 e. The number of nitro benzene ring substituents is 1. The van der Waals surface area contributed by atoms with Crippen LogP contribution in [-0.2, 0) is 10.0 Å². The van der Waals surface area contributed by atoms with Crippen LogP contribution in [0.4, 0.5) is 15.8 Å². The molecule has 27 heavy (non-hydrogen) atoms. The van der Waals surface area contributed by atoms with Gasteiger partial charge in [0.2, 0.25) is 15.8 Å². The molecule has 0 atom stereocenters. The maximum atomic E-state index is 13.4. The third kappa shape index (κ3) is 4.47. The predicted molar refractivity (Wildman–Crippen MR) is 97.6 cm³/mol. The smallest absolute Gasteiger partial charge is 0.305 e. The minimum absolute atomic E-state index is 0.0848. The Hall–Kier alpha value is -2.85. The van der Waals surface area contributed by atoms with Crippen LogP contribution in [0.15, 0.2) is 47.4 Å². The molecule has 1 N–H and O–H groups in total. The van der Waals surface area contributed by atoms with E-state index in [9.17, 15) is 27.7 Å². The average Bonchev–Trinajstić information content (AvgIpc) is 2.63. The highest BCUT2D eigenvalue weighted by atomic mass is 32.2. The van der Waals surface area contributed by atoms with E-state index >= 15 is 0 Å². The molecular formula is C17H18FN3O5S. The SMILES string of the molecule is CCN(CC)S(=O)(=O)c1ccc(NC(=O)c2ccc(F)c([N+](=O)[O-])c2)cc1. The molecule has 144 valence electrons. The standard InChI is InChI=1S/C17H18FN3O5S/c1-3-20(4-2)27(25,26)14-8-6-13(7-9-14)19-17(22)12-5-10-15(18)16(11-12)21(23)24/h5-11H,3-4H2,1-2H3,(H,19,22). The number of halogens is 1. The zero-order valence-corrected chi connectivity index (χ0v) is 15.5. The van der Waals surface area contributed by atoms with Crippen LogP contribution < -0.4 is 5.32 Å². The molecule has 1 amide bonds. The molecule has 0 unspecified atom stereocenters. The first-order valence-corrected chi connectivity index (χ1v) is 9.50. The Balaban J connectivity index is 2.21. The van der Waals surface area contributed by atoms with Gasteiger partial charge in [0.05, 0.1) is 9.82 Å². The quantitative estimate of drug-likeness (QED) is 0.572. The third-order valence-corrected chi connectivity index (χ3v) is 5.92. The average molecular weight is 395 g/mol. The van der Waals surface area contributed by atoms with Crippen molar-refractivity contribution in [2.75, 3.05) is 18.4 Å². The van der Waals surface area contributed by atoms with Gasteiger partial charge < -0.3 is 5.32 Å². The molecule has 0 saturated carbocycles. The lowest BCUT2D eigenvalue weighted by molar-refractivity contribution is -0.387. The van der Waals surface area contributed by atoms with E-state index in [2.05, 4.69) is 5.32 Å². The summed E-state index contributed by atoms with van der Waals surface area (Å²) in [6.07, 6.45) is 0. The second kappa shape index (κ2) is 8.23. The maximum absolute atomic E-state index is 13.4. The molecule has 0 fully saturated rings. The highest BCUT2D eigenvalue weighted by Crippen LogP contribution is 2.21. The van der Waals surface area contributed by atoms with Crippen molar-refractivity contribution in [3.63, 3.8) is 0 Å². The first kappa shape index (κ1) is 20.5. The number of nitrogens with zero attached hydrogens (tertiary/aromatic N) is 2. The summed E-state index contributed by atoms with van der Waals surface area (Å²) >= 11 is 0. The minimum Gasteiger partial charge on any atom is -0.322 e. The van der Waals surface area contributed by atoms with Gasteiger partial charge in [0.25, 0.3) is 5.91 Å². The van der Waals surface area contributed by atoms with E-state index in [1.54, 1.807) is 13.8 Å². The molecule has 0 aliphatic carbocycles. The number of hydrogen-bond acceptors (Lipinski definition) is 5. The molecule has 8 nitrogen and oxygen atoms in total. The van der Waals surface area contributed by atoms with Gasteiger partial charge in [-0.3, -0.25) is 14.9 Å². The summed E-state index contributed by atoms with van der Waals surface area (Å²) in [4.78, 5) is 22.1. The summed E-state index contributed by atoms with van der Waals surface area (Å²) in [7, 11) is -3.61. The zero-order valence-electron chi connectivity index (χ0n) is 14.7. The Morgan fingerprint density at radius 1 is 1.15 bits per heavy atom. The number of nitrogens with one attached hydrogen (secondary N) is 1. The lowest BCUT2D eigenvalue weighted by atomic mass is 10.1. The van der Waals surface area contributed by atoms with Crippen LogP contribution in [0.2, 0.25) is 0 Å². The van der Waals surface area contributed by atoms with Crippen LogP contribution in [0.25, 0.3) is 0 Å². The van der Waals surface area contributed by atoms with Crippen LogP contribution >= 0.6 is 0 Å². The number of carbonyl (C=O) groups is 1. The fraction of sp³-hybridized carbons (Fsp3) is 0.235. The molecule has 0 aliphatic rings. The van der Waals surface area contributed by atoms with Gasteiger partial charge in [-0.25, -0.2) is 8.42 Å². The summed E-state index contributed by atoms with van der Waals surface area (Å²) in [6.45, 7) is 4.14. The summed E-state index contributed by atoms with van der Waals surface area (Å²) < 4.78 is 39.5. The van der Waals surface area contributed by atoms with Crippen molar-refractivity contribution in [2.45, 2.75) is 18.7 Å². The Bertz CT molecular complexity index is 957. The van der Waals surface area contributed by atoms with Crippen LogP contribution in [0, 0.1) is 15.9 Å². The van der Waals surface area contributed by atoms with E-state index < -0.39 is 32.4 Å². The maximum Gasteiger partial charge on any atom is 0.305 e. The van der Waals surface area contributed by atoms with E-state index in [1.165, 1.54) is 28.6 Å². The topological polar surface area (TPSA) is 110 Å². The molecule has 0 aromatic heterocycles. The molecule has 10 heteroatoms. The van der Waals surface area contributed by atoms with E-state index in [-0.39, 0.29) is 10.5 Å². The molecule has 2 aromatic carbocycles. The number of sulfonamides is 1. The van der Waals surface area contributed by atoms with Crippen molar-refractivity contribution in [1.29, 1.82) is 0 Å². The van der Waals surface area contributed by atoms with E-state index in [4.69, 9.17) is 0 Å². The number of benzene rings is 2. The number of nitro groups is 1. The number of hydrogen-bond donors (Lipinski definition) is 1. The molecule has 0 bridgehead atoms. The molecule has 0 aliphatic heterocycles. The Labute approximate surface area is 155 Å². The Morgan fingerprint density at radius 2 is 1.74 bits per heavy atom. The first-order chi connectivity index (χ1) is 12.7. The number of carbonyl (C=O) groups excluding carboxylic acids is 1. The lowest BCUT2D eigenvalue weighted by Gasteiger charge is -2.18. The summed E-state index contributed by atoms with van der Waals surface area (Å²) in [6, 6.07) is 8.33. The predicted octanol–water partition coefficient (Wildman–Crippen LogP) is 3.02. The molecule has 0 saturated heterocycles. The number of amides is 1. The summed E-state index contributed by atoms with van der Waals surface area (Å²) in [5.74, 6) is -1.72. The molecule has 0 spiro atoms. The highest BCUT2D eigenvalue weighted by molar-refractivity contribution is 7.89. The fourth-order valence-corrected chi connectivity index (χ4v) is 3.88. The number of anilines is 1. The van der Waals surface area contributed by atoms with Crippen LogP contribution in [-0.4, -0.2) is 36.6 Å². The van der Waals surface area contributed by atoms with Crippen LogP contribution in [0.5, 0.6) is 0 Å². The van der Waals surface area contributed by atoms with Crippen molar-refractivity contribution in [2.24, 2.45) is 0 Å². The lowest BCUT2D eigenvalue weighted by Crippen LogP contribution is -2.30. The fourth-order valence-electron chi connectivity index (χ4n) is 2.42. The van der Waals surface area contributed by atoms with Crippen molar-refractivity contribution >= 4 is 27.3 Å². The van der Waals surface area contributed by atoms with E-state index in [0.29, 0.717) is 18.8 Å². The second-order valence-corrected chi connectivity index (χ2v) is 7.43. The highest BCUT2D eigenvalue weighted by Gasteiger charge is 2.21. The first-order valence-electron chi connectivity index (χ1n) is 8.06. The summed E-state index contributed by atoms with van der Waals surface area (Å²) in [5, 5.41) is 13.3. The van der Waals surface area contributed by atoms with Gasteiger partial charge in [0.1, 0.15) is 0 Å². The zero-order chi connectivity index (χ0) is 20.2. The van der Waals surface area contributed by atoms with Crippen molar-refractivity contribution in [1.82, 2.24) is 4.31 Å². The van der Waals surface area contributed by atoms with E-state index in [1.807, 2.05) is 0 Å². The summed E-state index contributed by atoms with van der Waals surface area (Å²) in [5.41, 5.74) is -0.600. The van der Waals surface area contributed by atoms with Gasteiger partial charge >= 0.3 is 5.69 Å². The Morgan fingerprint density at radius 3 is 2.26 bits per heavy atom. The van der Waals surface area contributed by atoms with Gasteiger partial charge in [0.15, 0.2) is 0 Å². The second-order valence-electron chi connectivity index (χ2n) is 5.49. The van der Waals surface area contributed by atoms with Gasteiger partial charge in [-0.15, -0.1) is 0 Å². The van der Waals surface area contributed by atoms with E-state index in [0.717, 1.165) is 18.2 Å². The molecule has 0 radical (unpaired) electrons. The Kier molecular flexibility index (Phi) is 6.24. The number of rotatable bonds is 7. The normalized spacial score (nSPS) is 11.4. The molecule has 2 rings (SSSR count). The van der Waals surface area contributed by atoms with Gasteiger partial charge in [-0.05, 0) is 36.4 Å². The van der Waals surface area contributed by atoms with Crippen LogP contribution in [0.3, 0.4) is 0 Å². The van der Waals surface area contributed by atoms with Gasteiger partial charge in [-0.2, -0.15) is 8.70 Å². The van der Waals surface area contributed by atoms with Crippen molar-refractivity contribution in [3.05, 3.63) is 64.0 Å². The van der Waals surface area contributed by atoms with Crippen molar-refractivity contribution in [3.8, 4) is 0 Å².